The van der Waals surface area contributed by atoms with Crippen LogP contribution in [0.25, 0.3) is 0 Å². The van der Waals surface area contributed by atoms with Gasteiger partial charge in [0.1, 0.15) is 0 Å². The van der Waals surface area contributed by atoms with E-state index in [0.29, 0.717) is 12.3 Å². The van der Waals surface area contributed by atoms with Crippen molar-refractivity contribution in [2.24, 2.45) is 0 Å². The molecule has 1 aliphatic rings. The van der Waals surface area contributed by atoms with Gasteiger partial charge in [0.25, 0.3) is 0 Å². The minimum absolute atomic E-state index is 0.308. The smallest absolute Gasteiger partial charge is 0.222 e. The zero-order chi connectivity index (χ0) is 22.2. The molecule has 0 spiro atoms. The molecular formula is C29H34N2O. The molecule has 166 valence electrons. The monoisotopic (exact) mass is 426 g/mol. The summed E-state index contributed by atoms with van der Waals surface area (Å²) in [7, 11) is 0. The van der Waals surface area contributed by atoms with Gasteiger partial charge in [-0.3, -0.25) is 9.69 Å². The van der Waals surface area contributed by atoms with E-state index < -0.39 is 0 Å². The molecule has 3 aromatic rings. The second-order valence-corrected chi connectivity index (χ2v) is 8.63. The van der Waals surface area contributed by atoms with Gasteiger partial charge >= 0.3 is 0 Å². The molecule has 1 aliphatic heterocycles. The summed E-state index contributed by atoms with van der Waals surface area (Å²) in [5, 5.41) is 0. The van der Waals surface area contributed by atoms with Crippen LogP contribution in [0, 0.1) is 0 Å². The van der Waals surface area contributed by atoms with Crippen LogP contribution < -0.4 is 0 Å². The molecular weight excluding hydrogens is 392 g/mol. The number of hydrogen-bond acceptors (Lipinski definition) is 2. The molecule has 0 aliphatic carbocycles. The van der Waals surface area contributed by atoms with Crippen LogP contribution in [0.5, 0.6) is 0 Å². The zero-order valence-corrected chi connectivity index (χ0v) is 19.1. The lowest BCUT2D eigenvalue weighted by Gasteiger charge is -2.49. The number of amides is 1. The Labute approximate surface area is 192 Å². The van der Waals surface area contributed by atoms with E-state index in [0.717, 1.165) is 45.4 Å². The third-order valence-corrected chi connectivity index (χ3v) is 6.68. The molecule has 0 aromatic heterocycles. The molecule has 3 heteroatoms. The fourth-order valence-corrected chi connectivity index (χ4v) is 5.06. The fourth-order valence-electron chi connectivity index (χ4n) is 5.06. The Hall–Kier alpha value is -2.91. The summed E-state index contributed by atoms with van der Waals surface area (Å²) in [4.78, 5) is 17.4. The molecule has 1 amide bonds. The van der Waals surface area contributed by atoms with Gasteiger partial charge in [0.2, 0.25) is 5.91 Å². The maximum atomic E-state index is 12.7. The van der Waals surface area contributed by atoms with Crippen molar-refractivity contribution in [1.29, 1.82) is 0 Å². The second kappa shape index (κ2) is 10.6. The van der Waals surface area contributed by atoms with E-state index in [1.54, 1.807) is 0 Å². The maximum Gasteiger partial charge on any atom is 0.222 e. The number of benzene rings is 3. The Morgan fingerprint density at radius 2 is 1.12 bits per heavy atom. The average Bonchev–Trinajstić information content (AvgIpc) is 2.87. The van der Waals surface area contributed by atoms with E-state index >= 15 is 0 Å². The van der Waals surface area contributed by atoms with Crippen molar-refractivity contribution in [3.05, 3.63) is 108 Å². The van der Waals surface area contributed by atoms with Crippen LogP contribution in [0.15, 0.2) is 91.0 Å². The third-order valence-electron chi connectivity index (χ3n) is 6.68. The van der Waals surface area contributed by atoms with Crippen molar-refractivity contribution >= 4 is 5.91 Å². The summed E-state index contributed by atoms with van der Waals surface area (Å²) in [6.07, 6.45) is 3.95. The fraction of sp³-hybridized carbons (Fsp3) is 0.345. The van der Waals surface area contributed by atoms with E-state index in [-0.39, 0.29) is 5.54 Å². The van der Waals surface area contributed by atoms with E-state index in [4.69, 9.17) is 0 Å². The topological polar surface area (TPSA) is 23.6 Å². The van der Waals surface area contributed by atoms with Crippen molar-refractivity contribution in [3.63, 3.8) is 0 Å². The quantitative estimate of drug-likeness (QED) is 0.341. The Morgan fingerprint density at radius 3 is 1.53 bits per heavy atom. The van der Waals surface area contributed by atoms with Crippen molar-refractivity contribution in [2.45, 2.75) is 38.1 Å². The number of nitrogens with zero attached hydrogens (tertiary/aromatic N) is 2. The predicted octanol–water partition coefficient (Wildman–Crippen LogP) is 5.70. The summed E-state index contributed by atoms with van der Waals surface area (Å²) in [6.45, 7) is 5.42. The number of rotatable bonds is 8. The lowest BCUT2D eigenvalue weighted by Crippen LogP contribution is -2.57. The van der Waals surface area contributed by atoms with Crippen molar-refractivity contribution in [3.8, 4) is 0 Å². The lowest BCUT2D eigenvalue weighted by atomic mass is 9.75. The van der Waals surface area contributed by atoms with E-state index in [9.17, 15) is 4.79 Å². The number of carbonyl (C=O) groups is 1. The highest BCUT2D eigenvalue weighted by Gasteiger charge is 2.43. The van der Waals surface area contributed by atoms with Gasteiger partial charge in [-0.25, -0.2) is 0 Å². The van der Waals surface area contributed by atoms with Crippen molar-refractivity contribution in [1.82, 2.24) is 9.80 Å². The molecule has 1 saturated heterocycles. The molecule has 0 saturated carbocycles. The van der Waals surface area contributed by atoms with Crippen LogP contribution in [0.3, 0.4) is 0 Å². The first-order valence-corrected chi connectivity index (χ1v) is 12.0. The molecule has 4 rings (SSSR count). The summed E-state index contributed by atoms with van der Waals surface area (Å²) in [5.74, 6) is 0.308. The molecule has 3 aromatic carbocycles. The van der Waals surface area contributed by atoms with E-state index in [1.807, 2.05) is 0 Å². The SMILES string of the molecule is CCCCCC(=O)N1CCN(C(c2ccccc2)(c2ccccc2)c2ccccc2)CC1. The Kier molecular flexibility index (Phi) is 7.39. The highest BCUT2D eigenvalue weighted by Crippen LogP contribution is 2.42. The average molecular weight is 427 g/mol. The minimum atomic E-state index is -0.388. The maximum absolute atomic E-state index is 12.7. The molecule has 0 atom stereocenters. The number of carbonyl (C=O) groups excluding carboxylic acids is 1. The van der Waals surface area contributed by atoms with Crippen LogP contribution in [-0.2, 0) is 10.3 Å². The second-order valence-electron chi connectivity index (χ2n) is 8.63. The van der Waals surface area contributed by atoms with Gasteiger partial charge in [-0.2, -0.15) is 0 Å². The highest BCUT2D eigenvalue weighted by atomic mass is 16.2. The van der Waals surface area contributed by atoms with Gasteiger partial charge in [0.15, 0.2) is 0 Å². The van der Waals surface area contributed by atoms with Gasteiger partial charge in [0, 0.05) is 32.6 Å². The van der Waals surface area contributed by atoms with Gasteiger partial charge < -0.3 is 4.90 Å². The van der Waals surface area contributed by atoms with Crippen molar-refractivity contribution in [2.75, 3.05) is 26.2 Å². The Balaban J connectivity index is 1.71. The van der Waals surface area contributed by atoms with Gasteiger partial charge in [-0.05, 0) is 23.1 Å². The number of hydrogen-bond donors (Lipinski definition) is 0. The predicted molar refractivity (Wildman–Crippen MR) is 132 cm³/mol. The van der Waals surface area contributed by atoms with Crippen LogP contribution in [0.4, 0.5) is 0 Å². The standard InChI is InChI=1S/C29H34N2O/c1-2-3-7-20-28(32)30-21-23-31(24-22-30)29(25-14-8-4-9-15-25,26-16-10-5-11-17-26)27-18-12-6-13-19-27/h4-6,8-19H,2-3,7,20-24H2,1H3. The molecule has 3 nitrogen and oxygen atoms in total. The first kappa shape index (κ1) is 22.3. The zero-order valence-electron chi connectivity index (χ0n) is 19.1. The summed E-state index contributed by atoms with van der Waals surface area (Å²) < 4.78 is 0. The van der Waals surface area contributed by atoms with Crippen molar-refractivity contribution < 1.29 is 4.79 Å². The van der Waals surface area contributed by atoms with Crippen LogP contribution in [0.1, 0.15) is 49.3 Å². The molecule has 1 heterocycles. The van der Waals surface area contributed by atoms with Gasteiger partial charge in [-0.1, -0.05) is 111 Å². The third kappa shape index (κ3) is 4.49. The molecule has 0 unspecified atom stereocenters. The summed E-state index contributed by atoms with van der Waals surface area (Å²) in [6, 6.07) is 32.4. The van der Waals surface area contributed by atoms with E-state index in [2.05, 4.69) is 108 Å². The highest BCUT2D eigenvalue weighted by molar-refractivity contribution is 5.76. The first-order valence-electron chi connectivity index (χ1n) is 12.0. The lowest BCUT2D eigenvalue weighted by molar-refractivity contribution is -0.133. The summed E-state index contributed by atoms with van der Waals surface area (Å²) >= 11 is 0. The first-order chi connectivity index (χ1) is 15.8. The molecule has 0 bridgehead atoms. The number of piperazine rings is 1. The Bertz CT molecular complexity index is 867. The molecule has 1 fully saturated rings. The molecule has 0 radical (unpaired) electrons. The molecule has 32 heavy (non-hydrogen) atoms. The minimum Gasteiger partial charge on any atom is -0.340 e. The summed E-state index contributed by atoms with van der Waals surface area (Å²) in [5.41, 5.74) is 3.40. The van der Waals surface area contributed by atoms with Crippen LogP contribution in [0.2, 0.25) is 0 Å². The van der Waals surface area contributed by atoms with Gasteiger partial charge in [-0.15, -0.1) is 0 Å². The van der Waals surface area contributed by atoms with E-state index in [1.165, 1.54) is 16.7 Å². The largest absolute Gasteiger partial charge is 0.340 e. The van der Waals surface area contributed by atoms with Crippen LogP contribution >= 0.6 is 0 Å². The van der Waals surface area contributed by atoms with Gasteiger partial charge in [0.05, 0.1) is 5.54 Å². The molecule has 0 N–H and O–H groups in total. The number of unbranched alkanes of at least 4 members (excludes halogenated alkanes) is 2. The normalized spacial score (nSPS) is 15.0. The van der Waals surface area contributed by atoms with Crippen LogP contribution in [-0.4, -0.2) is 41.9 Å². The Morgan fingerprint density at radius 1 is 0.688 bits per heavy atom.